The Balaban J connectivity index is 1.85. The van der Waals surface area contributed by atoms with Gasteiger partial charge in [0.2, 0.25) is 0 Å². The minimum absolute atomic E-state index is 0.441. The normalized spacial score (nSPS) is 14.5. The summed E-state index contributed by atoms with van der Waals surface area (Å²) in [5.41, 5.74) is 17.6. The Labute approximate surface area is 163 Å². The van der Waals surface area contributed by atoms with Gasteiger partial charge in [-0.2, -0.15) is 0 Å². The molecule has 5 heteroatoms. The van der Waals surface area contributed by atoms with E-state index in [0.717, 1.165) is 35.9 Å². The first-order chi connectivity index (χ1) is 13.1. The number of benzene rings is 1. The van der Waals surface area contributed by atoms with Gasteiger partial charge in [0.05, 0.1) is 5.69 Å². The molecule has 1 amide bonds. The van der Waals surface area contributed by atoms with Gasteiger partial charge >= 0.3 is 0 Å². The molecule has 0 bridgehead atoms. The lowest BCUT2D eigenvalue weighted by Crippen LogP contribution is -2.11. The predicted molar refractivity (Wildman–Crippen MR) is 112 cm³/mol. The van der Waals surface area contributed by atoms with E-state index in [1.54, 1.807) is 0 Å². The summed E-state index contributed by atoms with van der Waals surface area (Å²) in [6.45, 7) is 0. The minimum atomic E-state index is -0.461. The van der Waals surface area contributed by atoms with E-state index in [1.807, 2.05) is 6.07 Å². The number of anilines is 1. The number of aromatic nitrogens is 1. The van der Waals surface area contributed by atoms with Crippen molar-refractivity contribution in [3.05, 3.63) is 57.6 Å². The van der Waals surface area contributed by atoms with Gasteiger partial charge in [-0.05, 0) is 55.2 Å². The van der Waals surface area contributed by atoms with Crippen LogP contribution in [0.1, 0.15) is 57.7 Å². The molecule has 4 nitrogen and oxygen atoms in total. The Kier molecular flexibility index (Phi) is 5.12. The quantitative estimate of drug-likeness (QED) is 0.704. The first-order valence-corrected chi connectivity index (χ1v) is 10.5. The fourth-order valence-electron chi connectivity index (χ4n) is 4.14. The summed E-state index contributed by atoms with van der Waals surface area (Å²) in [6.07, 6.45) is 8.80. The summed E-state index contributed by atoms with van der Waals surface area (Å²) < 4.78 is 0. The average Bonchev–Trinajstić information content (AvgIpc) is 2.98. The zero-order valence-electron chi connectivity index (χ0n) is 15.5. The molecule has 2 heterocycles. The summed E-state index contributed by atoms with van der Waals surface area (Å²) in [5.74, 6) is -0.461. The fourth-order valence-corrected chi connectivity index (χ4v) is 5.14. The van der Waals surface area contributed by atoms with Crippen molar-refractivity contribution in [3.8, 4) is 0 Å². The molecule has 0 saturated heterocycles. The van der Waals surface area contributed by atoms with Crippen LogP contribution in [0.15, 0.2) is 30.3 Å². The molecule has 140 valence electrons. The van der Waals surface area contributed by atoms with E-state index < -0.39 is 5.91 Å². The summed E-state index contributed by atoms with van der Waals surface area (Å²) in [5, 5.41) is 0.962. The molecule has 0 fully saturated rings. The largest absolute Gasteiger partial charge is 0.397 e. The van der Waals surface area contributed by atoms with Crippen LogP contribution in [0.25, 0.3) is 10.2 Å². The molecule has 0 radical (unpaired) electrons. The minimum Gasteiger partial charge on any atom is -0.397 e. The second kappa shape index (κ2) is 7.69. The van der Waals surface area contributed by atoms with Crippen molar-refractivity contribution in [2.75, 3.05) is 5.73 Å². The van der Waals surface area contributed by atoms with E-state index in [2.05, 4.69) is 24.3 Å². The van der Waals surface area contributed by atoms with Gasteiger partial charge in [-0.25, -0.2) is 4.98 Å². The summed E-state index contributed by atoms with van der Waals surface area (Å²) in [7, 11) is 0. The van der Waals surface area contributed by atoms with Crippen molar-refractivity contribution >= 4 is 33.1 Å². The smallest absolute Gasteiger partial charge is 0.260 e. The SMILES string of the molecule is NC(=O)c1sc2nc3c(c(CCc4ccccc4)c2c1N)CCCCCC3. The van der Waals surface area contributed by atoms with Crippen LogP contribution in [0, 0.1) is 0 Å². The number of carbonyl (C=O) groups is 1. The van der Waals surface area contributed by atoms with Crippen molar-refractivity contribution < 1.29 is 4.79 Å². The molecule has 1 aliphatic carbocycles. The Bertz CT molecular complexity index is 978. The maximum atomic E-state index is 11.8. The Morgan fingerprint density at radius 2 is 1.78 bits per heavy atom. The van der Waals surface area contributed by atoms with E-state index in [1.165, 1.54) is 59.4 Å². The number of rotatable bonds is 4. The predicted octanol–water partition coefficient (Wildman–Crippen LogP) is 4.42. The van der Waals surface area contributed by atoms with Crippen LogP contribution < -0.4 is 11.5 Å². The van der Waals surface area contributed by atoms with E-state index >= 15 is 0 Å². The van der Waals surface area contributed by atoms with Crippen molar-refractivity contribution in [1.82, 2.24) is 4.98 Å². The fraction of sp³-hybridized carbons (Fsp3) is 0.364. The number of hydrogen-bond acceptors (Lipinski definition) is 4. The summed E-state index contributed by atoms with van der Waals surface area (Å²) in [6, 6.07) is 10.5. The number of aryl methyl sites for hydroxylation is 3. The first-order valence-electron chi connectivity index (χ1n) is 9.71. The number of fused-ring (bicyclic) bond motifs is 2. The van der Waals surface area contributed by atoms with E-state index in [0.29, 0.717) is 10.6 Å². The van der Waals surface area contributed by atoms with Crippen LogP contribution in [0.5, 0.6) is 0 Å². The lowest BCUT2D eigenvalue weighted by atomic mass is 9.89. The number of thiophene rings is 1. The Hall–Kier alpha value is -2.40. The van der Waals surface area contributed by atoms with Gasteiger partial charge in [-0.1, -0.05) is 43.2 Å². The zero-order valence-corrected chi connectivity index (χ0v) is 16.3. The van der Waals surface area contributed by atoms with Gasteiger partial charge in [-0.3, -0.25) is 4.79 Å². The van der Waals surface area contributed by atoms with Crippen molar-refractivity contribution in [1.29, 1.82) is 0 Å². The number of pyridine rings is 1. The van der Waals surface area contributed by atoms with E-state index in [-0.39, 0.29) is 0 Å². The monoisotopic (exact) mass is 379 g/mol. The maximum Gasteiger partial charge on any atom is 0.260 e. The average molecular weight is 380 g/mol. The van der Waals surface area contributed by atoms with Gasteiger partial charge in [-0.15, -0.1) is 11.3 Å². The van der Waals surface area contributed by atoms with Crippen LogP contribution in [0.2, 0.25) is 0 Å². The number of primary amides is 1. The van der Waals surface area contributed by atoms with Crippen molar-refractivity contribution in [3.63, 3.8) is 0 Å². The highest BCUT2D eigenvalue weighted by Gasteiger charge is 2.23. The molecule has 4 N–H and O–H groups in total. The molecule has 0 unspecified atom stereocenters. The number of nitrogens with zero attached hydrogens (tertiary/aromatic N) is 1. The number of hydrogen-bond donors (Lipinski definition) is 2. The lowest BCUT2D eigenvalue weighted by molar-refractivity contribution is 0.100. The highest BCUT2D eigenvalue weighted by molar-refractivity contribution is 7.21. The van der Waals surface area contributed by atoms with Crippen LogP contribution >= 0.6 is 11.3 Å². The van der Waals surface area contributed by atoms with E-state index in [4.69, 9.17) is 16.5 Å². The second-order valence-electron chi connectivity index (χ2n) is 7.30. The van der Waals surface area contributed by atoms with Crippen LogP contribution in [-0.2, 0) is 25.7 Å². The first kappa shape index (κ1) is 18.0. The van der Waals surface area contributed by atoms with Crippen LogP contribution in [-0.4, -0.2) is 10.9 Å². The Morgan fingerprint density at radius 1 is 1.04 bits per heavy atom. The van der Waals surface area contributed by atoms with Gasteiger partial charge in [0.15, 0.2) is 0 Å². The maximum absolute atomic E-state index is 11.8. The number of nitrogens with two attached hydrogens (primary N) is 2. The molecule has 4 rings (SSSR count). The summed E-state index contributed by atoms with van der Waals surface area (Å²) in [4.78, 5) is 18.1. The van der Waals surface area contributed by atoms with Gasteiger partial charge in [0, 0.05) is 11.1 Å². The zero-order chi connectivity index (χ0) is 18.8. The molecule has 3 aromatic rings. The molecule has 0 atom stereocenters. The van der Waals surface area contributed by atoms with Gasteiger partial charge in [0.25, 0.3) is 5.91 Å². The lowest BCUT2D eigenvalue weighted by Gasteiger charge is -2.18. The van der Waals surface area contributed by atoms with E-state index in [9.17, 15) is 4.79 Å². The van der Waals surface area contributed by atoms with Gasteiger partial charge in [0.1, 0.15) is 9.71 Å². The van der Waals surface area contributed by atoms with Crippen LogP contribution in [0.3, 0.4) is 0 Å². The molecule has 1 aromatic carbocycles. The molecule has 1 aliphatic rings. The third-order valence-electron chi connectivity index (χ3n) is 5.50. The highest BCUT2D eigenvalue weighted by Crippen LogP contribution is 2.39. The molecule has 2 aromatic heterocycles. The second-order valence-corrected chi connectivity index (χ2v) is 8.30. The molecule has 0 spiro atoms. The van der Waals surface area contributed by atoms with Crippen molar-refractivity contribution in [2.45, 2.75) is 51.4 Å². The number of amides is 1. The van der Waals surface area contributed by atoms with Crippen molar-refractivity contribution in [2.24, 2.45) is 5.73 Å². The molecular weight excluding hydrogens is 354 g/mol. The molecular formula is C22H25N3OS. The standard InChI is InChI=1S/C22H25N3OS/c23-19-18-16(13-12-14-8-4-3-5-9-14)15-10-6-1-2-7-11-17(15)25-22(18)27-20(19)21(24)26/h3-5,8-9H,1-2,6-7,10-13,23H2,(H2,24,26). The molecule has 0 aliphatic heterocycles. The van der Waals surface area contributed by atoms with Crippen LogP contribution in [0.4, 0.5) is 5.69 Å². The topological polar surface area (TPSA) is 82.0 Å². The van der Waals surface area contributed by atoms with Gasteiger partial charge < -0.3 is 11.5 Å². The third-order valence-corrected chi connectivity index (χ3v) is 6.61. The Morgan fingerprint density at radius 3 is 2.52 bits per heavy atom. The number of nitrogen functional groups attached to an aromatic ring is 1. The highest BCUT2D eigenvalue weighted by atomic mass is 32.1. The molecule has 27 heavy (non-hydrogen) atoms. The summed E-state index contributed by atoms with van der Waals surface area (Å²) >= 11 is 1.34. The third kappa shape index (κ3) is 3.56. The molecule has 0 saturated carbocycles. The number of carbonyl (C=O) groups excluding carboxylic acids is 1.